The fraction of sp³-hybridized carbons (Fsp3) is 0.500. The lowest BCUT2D eigenvalue weighted by atomic mass is 10.2. The molecular weight excluding hydrogens is 261 g/mol. The summed E-state index contributed by atoms with van der Waals surface area (Å²) < 4.78 is 19.0. The molecule has 1 aromatic carbocycles. The summed E-state index contributed by atoms with van der Waals surface area (Å²) in [6.45, 7) is 3.73. The molecule has 0 unspecified atom stereocenters. The normalized spacial score (nSPS) is 14.2. The summed E-state index contributed by atoms with van der Waals surface area (Å²) >= 11 is 0. The number of nitrogens with one attached hydrogen (secondary N) is 2. The van der Waals surface area contributed by atoms with E-state index in [1.165, 1.54) is 12.1 Å². The molecule has 0 spiro atoms. The Kier molecular flexibility index (Phi) is 4.32. The number of nitrogens with two attached hydrogens (primary N) is 1. The van der Waals surface area contributed by atoms with Crippen LogP contribution in [0.5, 0.6) is 5.75 Å². The number of rotatable bonds is 6. The van der Waals surface area contributed by atoms with Crippen molar-refractivity contribution in [2.75, 3.05) is 17.6 Å². The van der Waals surface area contributed by atoms with E-state index >= 15 is 0 Å². The van der Waals surface area contributed by atoms with Gasteiger partial charge in [0.1, 0.15) is 0 Å². The summed E-state index contributed by atoms with van der Waals surface area (Å²) in [4.78, 5) is 11.6. The number of hydrogen-bond acceptors (Lipinski definition) is 4. The van der Waals surface area contributed by atoms with Crippen LogP contribution in [-0.4, -0.2) is 24.6 Å². The second kappa shape index (κ2) is 5.98. The predicted molar refractivity (Wildman–Crippen MR) is 76.2 cm³/mol. The van der Waals surface area contributed by atoms with Crippen molar-refractivity contribution in [2.24, 2.45) is 0 Å². The van der Waals surface area contributed by atoms with Crippen molar-refractivity contribution in [1.29, 1.82) is 0 Å². The standard InChI is InChI=1S/C14H20FN3O2/c1-8(2)20-13-6-12(11(16)5-10(13)15)17-7-14(19)18-9-3-4-9/h5-6,8-9,17H,3-4,7,16H2,1-2H3,(H,18,19). The van der Waals surface area contributed by atoms with Crippen LogP contribution >= 0.6 is 0 Å². The molecule has 0 aliphatic heterocycles. The second-order valence-electron chi connectivity index (χ2n) is 5.23. The number of benzene rings is 1. The van der Waals surface area contributed by atoms with Crippen molar-refractivity contribution in [3.05, 3.63) is 17.9 Å². The highest BCUT2D eigenvalue weighted by Gasteiger charge is 2.23. The van der Waals surface area contributed by atoms with E-state index in [0.29, 0.717) is 11.7 Å². The van der Waals surface area contributed by atoms with Crippen LogP contribution in [0.25, 0.3) is 0 Å². The van der Waals surface area contributed by atoms with Gasteiger partial charge in [0.05, 0.1) is 24.0 Å². The van der Waals surface area contributed by atoms with Gasteiger partial charge in [0, 0.05) is 18.2 Å². The minimum atomic E-state index is -0.510. The molecule has 6 heteroatoms. The molecule has 0 saturated heterocycles. The van der Waals surface area contributed by atoms with E-state index < -0.39 is 5.82 Å². The van der Waals surface area contributed by atoms with Crippen LogP contribution in [0.15, 0.2) is 12.1 Å². The molecule has 0 radical (unpaired) electrons. The number of hydrogen-bond donors (Lipinski definition) is 3. The van der Waals surface area contributed by atoms with Crippen LogP contribution in [0.1, 0.15) is 26.7 Å². The summed E-state index contributed by atoms with van der Waals surface area (Å²) in [5, 5.41) is 5.76. The number of nitrogen functional groups attached to an aromatic ring is 1. The molecular formula is C14H20FN3O2. The van der Waals surface area contributed by atoms with E-state index in [-0.39, 0.29) is 30.0 Å². The Hall–Kier alpha value is -1.98. The monoisotopic (exact) mass is 281 g/mol. The van der Waals surface area contributed by atoms with E-state index in [9.17, 15) is 9.18 Å². The Morgan fingerprint density at radius 3 is 2.80 bits per heavy atom. The summed E-state index contributed by atoms with van der Waals surface area (Å²) in [5.41, 5.74) is 6.47. The van der Waals surface area contributed by atoms with E-state index in [2.05, 4.69) is 10.6 Å². The van der Waals surface area contributed by atoms with Gasteiger partial charge in [0.25, 0.3) is 0 Å². The van der Waals surface area contributed by atoms with Gasteiger partial charge in [0.15, 0.2) is 11.6 Å². The van der Waals surface area contributed by atoms with Gasteiger partial charge < -0.3 is 21.1 Å². The highest BCUT2D eigenvalue weighted by Crippen LogP contribution is 2.28. The van der Waals surface area contributed by atoms with Crippen molar-refractivity contribution in [3.8, 4) is 5.75 Å². The van der Waals surface area contributed by atoms with Crippen LogP contribution in [0.2, 0.25) is 0 Å². The maximum absolute atomic E-state index is 13.7. The fourth-order valence-corrected chi connectivity index (χ4v) is 1.75. The largest absolute Gasteiger partial charge is 0.488 e. The SMILES string of the molecule is CC(C)Oc1cc(NCC(=O)NC2CC2)c(N)cc1F. The van der Waals surface area contributed by atoms with Gasteiger partial charge in [-0.1, -0.05) is 0 Å². The van der Waals surface area contributed by atoms with Crippen molar-refractivity contribution < 1.29 is 13.9 Å². The third-order valence-corrected chi connectivity index (χ3v) is 2.85. The van der Waals surface area contributed by atoms with E-state index in [1.54, 1.807) is 0 Å². The Labute approximate surface area is 117 Å². The molecule has 5 nitrogen and oxygen atoms in total. The lowest BCUT2D eigenvalue weighted by Gasteiger charge is -2.15. The Morgan fingerprint density at radius 1 is 1.50 bits per heavy atom. The first kappa shape index (κ1) is 14.4. The van der Waals surface area contributed by atoms with Gasteiger partial charge >= 0.3 is 0 Å². The molecule has 0 atom stereocenters. The third kappa shape index (κ3) is 4.01. The van der Waals surface area contributed by atoms with Crippen LogP contribution in [0.4, 0.5) is 15.8 Å². The molecule has 2 rings (SSSR count). The first-order valence-electron chi connectivity index (χ1n) is 6.74. The van der Waals surface area contributed by atoms with Crippen molar-refractivity contribution in [1.82, 2.24) is 5.32 Å². The van der Waals surface area contributed by atoms with Gasteiger partial charge in [-0.2, -0.15) is 0 Å². The molecule has 0 aromatic heterocycles. The van der Waals surface area contributed by atoms with Gasteiger partial charge in [-0.05, 0) is 26.7 Å². The quantitative estimate of drug-likeness (QED) is 0.696. The van der Waals surface area contributed by atoms with Crippen LogP contribution < -0.4 is 21.1 Å². The molecule has 1 fully saturated rings. The average Bonchev–Trinajstić information content (AvgIpc) is 3.14. The van der Waals surface area contributed by atoms with Gasteiger partial charge in [-0.25, -0.2) is 4.39 Å². The molecule has 0 heterocycles. The molecule has 1 aliphatic rings. The van der Waals surface area contributed by atoms with Crippen LogP contribution in [0, 0.1) is 5.82 Å². The zero-order chi connectivity index (χ0) is 14.7. The Balaban J connectivity index is 2.00. The number of halogens is 1. The molecule has 1 aromatic rings. The van der Waals surface area contributed by atoms with Crippen LogP contribution in [0.3, 0.4) is 0 Å². The number of amides is 1. The Morgan fingerprint density at radius 2 is 2.20 bits per heavy atom. The number of ether oxygens (including phenoxy) is 1. The number of carbonyl (C=O) groups excluding carboxylic acids is 1. The summed E-state index contributed by atoms with van der Waals surface area (Å²) in [7, 11) is 0. The second-order valence-corrected chi connectivity index (χ2v) is 5.23. The molecule has 1 aliphatic carbocycles. The fourth-order valence-electron chi connectivity index (χ4n) is 1.75. The molecule has 1 amide bonds. The van der Waals surface area contributed by atoms with Gasteiger partial charge in [-0.15, -0.1) is 0 Å². The van der Waals surface area contributed by atoms with Gasteiger partial charge in [-0.3, -0.25) is 4.79 Å². The maximum atomic E-state index is 13.7. The minimum Gasteiger partial charge on any atom is -0.488 e. The van der Waals surface area contributed by atoms with Crippen molar-refractivity contribution in [2.45, 2.75) is 38.8 Å². The average molecular weight is 281 g/mol. The predicted octanol–water partition coefficient (Wildman–Crippen LogP) is 1.89. The molecule has 20 heavy (non-hydrogen) atoms. The lowest BCUT2D eigenvalue weighted by molar-refractivity contribution is -0.119. The summed E-state index contributed by atoms with van der Waals surface area (Å²) in [6, 6.07) is 2.99. The van der Waals surface area contributed by atoms with Gasteiger partial charge in [0.2, 0.25) is 5.91 Å². The smallest absolute Gasteiger partial charge is 0.239 e. The van der Waals surface area contributed by atoms with Crippen molar-refractivity contribution in [3.63, 3.8) is 0 Å². The molecule has 4 N–H and O–H groups in total. The van der Waals surface area contributed by atoms with Crippen molar-refractivity contribution >= 4 is 17.3 Å². The maximum Gasteiger partial charge on any atom is 0.239 e. The van der Waals surface area contributed by atoms with E-state index in [4.69, 9.17) is 10.5 Å². The topological polar surface area (TPSA) is 76.4 Å². The first-order chi connectivity index (χ1) is 9.45. The zero-order valence-corrected chi connectivity index (χ0v) is 11.7. The van der Waals surface area contributed by atoms with Crippen LogP contribution in [-0.2, 0) is 4.79 Å². The number of carbonyl (C=O) groups is 1. The third-order valence-electron chi connectivity index (χ3n) is 2.85. The number of anilines is 2. The minimum absolute atomic E-state index is 0.0949. The van der Waals surface area contributed by atoms with E-state index in [1.807, 2.05) is 13.8 Å². The lowest BCUT2D eigenvalue weighted by Crippen LogP contribution is -2.31. The molecule has 110 valence electrons. The highest BCUT2D eigenvalue weighted by molar-refractivity contribution is 5.83. The zero-order valence-electron chi connectivity index (χ0n) is 11.7. The highest BCUT2D eigenvalue weighted by atomic mass is 19.1. The Bertz CT molecular complexity index is 501. The molecule has 1 saturated carbocycles. The molecule has 0 bridgehead atoms. The first-order valence-corrected chi connectivity index (χ1v) is 6.74. The summed E-state index contributed by atoms with van der Waals surface area (Å²) in [6.07, 6.45) is 1.94. The van der Waals surface area contributed by atoms with E-state index in [0.717, 1.165) is 12.8 Å². The summed E-state index contributed by atoms with van der Waals surface area (Å²) in [5.74, 6) is -0.481.